The maximum absolute atomic E-state index is 13.0. The fourth-order valence-electron chi connectivity index (χ4n) is 2.03. The molecule has 0 radical (unpaired) electrons. The summed E-state index contributed by atoms with van der Waals surface area (Å²) in [5.74, 6) is 0. The minimum atomic E-state index is -2.50. The van der Waals surface area contributed by atoms with Gasteiger partial charge >= 0.3 is 0 Å². The Morgan fingerprint density at radius 1 is 1.00 bits per heavy atom. The van der Waals surface area contributed by atoms with Crippen LogP contribution >= 0.6 is 7.29 Å². The summed E-state index contributed by atoms with van der Waals surface area (Å²) < 4.78 is 14.9. The Balaban J connectivity index is 5.03. The van der Waals surface area contributed by atoms with Gasteiger partial charge in [-0.05, 0) is 0 Å². The summed E-state index contributed by atoms with van der Waals surface area (Å²) in [7, 11) is -2.50. The van der Waals surface area contributed by atoms with Crippen molar-refractivity contribution < 1.29 is 4.57 Å². The van der Waals surface area contributed by atoms with Gasteiger partial charge in [0.05, 0.1) is 12.1 Å². The molecule has 0 fully saturated rings. The second kappa shape index (κ2) is 7.49. The van der Waals surface area contributed by atoms with Crippen LogP contribution in [0, 0.1) is 22.7 Å². The number of rotatable bonds is 7. The fraction of sp³-hybridized carbons (Fsp3) is 0.833. The lowest BCUT2D eigenvalue weighted by molar-refractivity contribution is 0.410. The number of nitriles is 2. The standard InChI is InChI=1S/C12H22N3OP/c1-11(2)17(16,12(3)4)15(9-5-7-13)10-6-8-14/h11-12H,5-6,9-10H2,1-4H3. The van der Waals surface area contributed by atoms with Crippen LogP contribution in [0.1, 0.15) is 40.5 Å². The van der Waals surface area contributed by atoms with Crippen LogP contribution in [0.25, 0.3) is 0 Å². The average molecular weight is 255 g/mol. The zero-order chi connectivity index (χ0) is 13.5. The molecule has 4 nitrogen and oxygen atoms in total. The van der Waals surface area contributed by atoms with Gasteiger partial charge in [0.1, 0.15) is 0 Å². The Hall–Kier alpha value is -0.830. The molecular weight excluding hydrogens is 233 g/mol. The van der Waals surface area contributed by atoms with E-state index < -0.39 is 7.29 Å². The zero-order valence-electron chi connectivity index (χ0n) is 11.2. The van der Waals surface area contributed by atoms with Gasteiger partial charge in [-0.2, -0.15) is 10.5 Å². The first-order valence-corrected chi connectivity index (χ1v) is 7.79. The van der Waals surface area contributed by atoms with E-state index in [9.17, 15) is 4.57 Å². The molecule has 5 heteroatoms. The van der Waals surface area contributed by atoms with E-state index in [0.717, 1.165) is 0 Å². The zero-order valence-corrected chi connectivity index (χ0v) is 12.1. The Kier molecular flexibility index (Phi) is 7.12. The van der Waals surface area contributed by atoms with Gasteiger partial charge in [-0.1, -0.05) is 27.7 Å². The highest BCUT2D eigenvalue weighted by atomic mass is 31.2. The molecule has 0 spiro atoms. The van der Waals surface area contributed by atoms with Crippen molar-refractivity contribution in [3.63, 3.8) is 0 Å². The van der Waals surface area contributed by atoms with Crippen LogP contribution in [0.4, 0.5) is 0 Å². The maximum atomic E-state index is 13.0. The maximum Gasteiger partial charge on any atom is 0.155 e. The molecule has 0 aliphatic carbocycles. The van der Waals surface area contributed by atoms with E-state index >= 15 is 0 Å². The van der Waals surface area contributed by atoms with E-state index in [1.807, 2.05) is 32.4 Å². The van der Waals surface area contributed by atoms with E-state index in [0.29, 0.717) is 25.9 Å². The van der Waals surface area contributed by atoms with Gasteiger partial charge < -0.3 is 4.57 Å². The molecule has 0 saturated carbocycles. The third kappa shape index (κ3) is 4.15. The Bertz CT molecular complexity index is 322. The first-order valence-electron chi connectivity index (χ1n) is 6.00. The van der Waals surface area contributed by atoms with E-state index in [1.54, 1.807) is 0 Å². The molecule has 0 amide bonds. The number of hydrogen-bond donors (Lipinski definition) is 0. The largest absolute Gasteiger partial charge is 0.306 e. The molecule has 0 rings (SSSR count). The second-order valence-electron chi connectivity index (χ2n) is 4.63. The summed E-state index contributed by atoms with van der Waals surface area (Å²) in [6.07, 6.45) is 0.712. The third-order valence-corrected chi connectivity index (χ3v) is 7.13. The Morgan fingerprint density at radius 3 is 1.59 bits per heavy atom. The SMILES string of the molecule is CC(C)P(=O)(C(C)C)N(CCC#N)CCC#N. The summed E-state index contributed by atoms with van der Waals surface area (Å²) >= 11 is 0. The summed E-state index contributed by atoms with van der Waals surface area (Å²) in [6.45, 7) is 8.79. The minimum Gasteiger partial charge on any atom is -0.306 e. The average Bonchev–Trinajstić information content (AvgIpc) is 2.27. The van der Waals surface area contributed by atoms with Gasteiger partial charge in [0, 0.05) is 37.2 Å². The molecule has 0 aromatic rings. The van der Waals surface area contributed by atoms with Gasteiger partial charge in [0.15, 0.2) is 7.29 Å². The molecule has 17 heavy (non-hydrogen) atoms. The van der Waals surface area contributed by atoms with Gasteiger partial charge in [-0.25, -0.2) is 0 Å². The Labute approximate surface area is 105 Å². The highest BCUT2D eigenvalue weighted by Crippen LogP contribution is 2.58. The molecule has 0 aliphatic rings. The smallest absolute Gasteiger partial charge is 0.155 e. The molecule has 0 aromatic heterocycles. The summed E-state index contributed by atoms with van der Waals surface area (Å²) in [5.41, 5.74) is 0.111. The third-order valence-electron chi connectivity index (χ3n) is 2.89. The van der Waals surface area contributed by atoms with Gasteiger partial charge in [0.25, 0.3) is 0 Å². The van der Waals surface area contributed by atoms with E-state index in [2.05, 4.69) is 12.1 Å². The van der Waals surface area contributed by atoms with Crippen LogP contribution in [0.15, 0.2) is 0 Å². The summed E-state index contributed by atoms with van der Waals surface area (Å²) in [5, 5.41) is 17.3. The normalized spacial score (nSPS) is 11.8. The van der Waals surface area contributed by atoms with Crippen molar-refractivity contribution in [3.05, 3.63) is 0 Å². The molecule has 0 atom stereocenters. The molecule has 96 valence electrons. The van der Waals surface area contributed by atoms with Crippen molar-refractivity contribution in [2.75, 3.05) is 13.1 Å². The van der Waals surface area contributed by atoms with Crippen LogP contribution in [-0.4, -0.2) is 29.1 Å². The first kappa shape index (κ1) is 16.2. The Morgan fingerprint density at radius 2 is 1.35 bits per heavy atom. The molecule has 0 heterocycles. The van der Waals surface area contributed by atoms with Crippen molar-refractivity contribution in [3.8, 4) is 12.1 Å². The summed E-state index contributed by atoms with van der Waals surface area (Å²) in [6, 6.07) is 4.16. The fourth-order valence-corrected chi connectivity index (χ4v) is 5.36. The monoisotopic (exact) mass is 255 g/mol. The molecular formula is C12H22N3OP. The number of nitrogens with zero attached hydrogens (tertiary/aromatic N) is 3. The lowest BCUT2D eigenvalue weighted by atomic mass is 10.4. The van der Waals surface area contributed by atoms with E-state index in [4.69, 9.17) is 10.5 Å². The molecule has 0 bridgehead atoms. The first-order chi connectivity index (χ1) is 7.91. The van der Waals surface area contributed by atoms with E-state index in [1.165, 1.54) is 0 Å². The molecule has 0 N–H and O–H groups in total. The van der Waals surface area contributed by atoms with Crippen LogP contribution in [-0.2, 0) is 4.57 Å². The highest BCUT2D eigenvalue weighted by Gasteiger charge is 2.36. The minimum absolute atomic E-state index is 0.0554. The van der Waals surface area contributed by atoms with Crippen LogP contribution < -0.4 is 0 Å². The second-order valence-corrected chi connectivity index (χ2v) is 8.61. The lowest BCUT2D eigenvalue weighted by Crippen LogP contribution is -2.30. The van der Waals surface area contributed by atoms with E-state index in [-0.39, 0.29) is 11.3 Å². The van der Waals surface area contributed by atoms with Crippen molar-refractivity contribution >= 4 is 7.29 Å². The van der Waals surface area contributed by atoms with Crippen molar-refractivity contribution in [2.45, 2.75) is 51.9 Å². The molecule has 0 aromatic carbocycles. The predicted octanol–water partition coefficient (Wildman–Crippen LogP) is 3.21. The van der Waals surface area contributed by atoms with Gasteiger partial charge in [0.2, 0.25) is 0 Å². The number of hydrogen-bond acceptors (Lipinski definition) is 3. The van der Waals surface area contributed by atoms with Crippen molar-refractivity contribution in [1.29, 1.82) is 10.5 Å². The topological polar surface area (TPSA) is 67.9 Å². The predicted molar refractivity (Wildman–Crippen MR) is 69.9 cm³/mol. The molecule has 0 unspecified atom stereocenters. The quantitative estimate of drug-likeness (QED) is 0.655. The van der Waals surface area contributed by atoms with Crippen LogP contribution in [0.2, 0.25) is 0 Å². The van der Waals surface area contributed by atoms with Crippen LogP contribution in [0.3, 0.4) is 0 Å². The van der Waals surface area contributed by atoms with Crippen molar-refractivity contribution in [1.82, 2.24) is 4.67 Å². The van der Waals surface area contributed by atoms with Gasteiger partial charge in [-0.15, -0.1) is 0 Å². The summed E-state index contributed by atoms with van der Waals surface area (Å²) in [4.78, 5) is 0. The van der Waals surface area contributed by atoms with Crippen LogP contribution in [0.5, 0.6) is 0 Å². The van der Waals surface area contributed by atoms with Crippen molar-refractivity contribution in [2.24, 2.45) is 0 Å². The molecule has 0 aliphatic heterocycles. The lowest BCUT2D eigenvalue weighted by Gasteiger charge is -2.36. The highest BCUT2D eigenvalue weighted by molar-refractivity contribution is 7.62. The molecule has 0 saturated heterocycles. The van der Waals surface area contributed by atoms with Gasteiger partial charge in [-0.3, -0.25) is 4.67 Å².